The van der Waals surface area contributed by atoms with Gasteiger partial charge in [-0.05, 0) is 30.2 Å². The van der Waals surface area contributed by atoms with Crippen LogP contribution in [0.1, 0.15) is 30.5 Å². The highest BCUT2D eigenvalue weighted by Gasteiger charge is 2.15. The van der Waals surface area contributed by atoms with E-state index in [4.69, 9.17) is 9.47 Å². The number of fused-ring (bicyclic) bond motifs is 1. The van der Waals surface area contributed by atoms with Crippen LogP contribution in [-0.4, -0.2) is 24.9 Å². The van der Waals surface area contributed by atoms with Crippen molar-refractivity contribution in [1.29, 1.82) is 0 Å². The number of hydrogen-bond acceptors (Lipinski definition) is 4. The molecule has 1 atom stereocenters. The zero-order valence-corrected chi connectivity index (χ0v) is 17.1. The molecule has 0 aliphatic carbocycles. The Hall–Kier alpha value is -1.66. The highest BCUT2D eigenvalue weighted by Crippen LogP contribution is 2.36. The minimum atomic E-state index is 0.0284. The Morgan fingerprint density at radius 1 is 1.19 bits per heavy atom. The number of benzene rings is 2. The van der Waals surface area contributed by atoms with E-state index >= 15 is 0 Å². The number of halogens is 1. The summed E-state index contributed by atoms with van der Waals surface area (Å²) in [7, 11) is 0. The molecule has 0 saturated carbocycles. The largest absolute Gasteiger partial charge is 0.486 e. The van der Waals surface area contributed by atoms with Crippen molar-refractivity contribution in [2.45, 2.75) is 25.1 Å². The third-order valence-corrected chi connectivity index (χ3v) is 5.87. The van der Waals surface area contributed by atoms with Gasteiger partial charge < -0.3 is 14.8 Å². The van der Waals surface area contributed by atoms with Crippen LogP contribution in [0.5, 0.6) is 11.5 Å². The maximum Gasteiger partial charge on any atom is 0.221 e. The van der Waals surface area contributed by atoms with Crippen LogP contribution in [0.2, 0.25) is 0 Å². The van der Waals surface area contributed by atoms with Gasteiger partial charge in [0.2, 0.25) is 5.91 Å². The Morgan fingerprint density at radius 2 is 1.88 bits per heavy atom. The Bertz CT molecular complexity index is 754. The molecule has 0 fully saturated rings. The van der Waals surface area contributed by atoms with Gasteiger partial charge in [0, 0.05) is 22.4 Å². The van der Waals surface area contributed by atoms with E-state index in [1.54, 1.807) is 11.8 Å². The lowest BCUT2D eigenvalue weighted by Gasteiger charge is -2.20. The average molecular weight is 436 g/mol. The molecule has 0 bridgehead atoms. The summed E-state index contributed by atoms with van der Waals surface area (Å²) in [5.41, 5.74) is 2.27. The fourth-order valence-electron chi connectivity index (χ4n) is 2.70. The number of rotatable bonds is 7. The van der Waals surface area contributed by atoms with Crippen molar-refractivity contribution >= 4 is 33.6 Å². The van der Waals surface area contributed by atoms with Gasteiger partial charge in [-0.1, -0.05) is 46.3 Å². The Kier molecular flexibility index (Phi) is 6.86. The molecule has 1 amide bonds. The minimum absolute atomic E-state index is 0.0284. The van der Waals surface area contributed by atoms with E-state index in [0.29, 0.717) is 19.6 Å². The van der Waals surface area contributed by atoms with Crippen LogP contribution >= 0.6 is 27.7 Å². The zero-order valence-electron chi connectivity index (χ0n) is 14.7. The van der Waals surface area contributed by atoms with Crippen molar-refractivity contribution in [2.75, 3.05) is 19.0 Å². The normalized spacial score (nSPS) is 13.9. The summed E-state index contributed by atoms with van der Waals surface area (Å²) >= 11 is 5.32. The lowest BCUT2D eigenvalue weighted by molar-refractivity contribution is -0.121. The number of ether oxygens (including phenoxy) is 2. The summed E-state index contributed by atoms with van der Waals surface area (Å²) in [4.78, 5) is 12.1. The highest BCUT2D eigenvalue weighted by molar-refractivity contribution is 9.10. The van der Waals surface area contributed by atoms with Crippen LogP contribution < -0.4 is 14.8 Å². The molecule has 3 rings (SSSR count). The molecule has 0 saturated heterocycles. The topological polar surface area (TPSA) is 47.6 Å². The summed E-state index contributed by atoms with van der Waals surface area (Å²) in [5.74, 6) is 3.25. The van der Waals surface area contributed by atoms with Gasteiger partial charge in [-0.2, -0.15) is 11.8 Å². The van der Waals surface area contributed by atoms with E-state index in [2.05, 4.69) is 21.2 Å². The van der Waals surface area contributed by atoms with E-state index in [0.717, 1.165) is 38.6 Å². The maximum absolute atomic E-state index is 12.1. The van der Waals surface area contributed by atoms with Gasteiger partial charge >= 0.3 is 0 Å². The molecule has 4 nitrogen and oxygen atoms in total. The minimum Gasteiger partial charge on any atom is -0.486 e. The predicted molar refractivity (Wildman–Crippen MR) is 109 cm³/mol. The summed E-state index contributed by atoms with van der Waals surface area (Å²) < 4.78 is 12.2. The van der Waals surface area contributed by atoms with Gasteiger partial charge in [0.25, 0.3) is 0 Å². The smallest absolute Gasteiger partial charge is 0.221 e. The lowest BCUT2D eigenvalue weighted by Crippen LogP contribution is -2.26. The van der Waals surface area contributed by atoms with Gasteiger partial charge in [0.1, 0.15) is 13.2 Å². The fourth-order valence-corrected chi connectivity index (χ4v) is 4.28. The van der Waals surface area contributed by atoms with E-state index in [1.165, 1.54) is 0 Å². The number of hydrogen-bond donors (Lipinski definition) is 1. The highest BCUT2D eigenvalue weighted by atomic mass is 79.9. The molecule has 1 N–H and O–H groups in total. The molecule has 0 radical (unpaired) electrons. The van der Waals surface area contributed by atoms with Gasteiger partial charge in [0.05, 0.1) is 6.04 Å². The summed E-state index contributed by atoms with van der Waals surface area (Å²) in [5, 5.41) is 3.05. The van der Waals surface area contributed by atoms with E-state index in [1.807, 2.05) is 49.4 Å². The number of nitrogens with one attached hydrogen (secondary N) is 1. The van der Waals surface area contributed by atoms with Gasteiger partial charge in [-0.3, -0.25) is 4.79 Å². The maximum atomic E-state index is 12.1. The molecule has 1 aliphatic rings. The number of amides is 1. The first-order valence-corrected chi connectivity index (χ1v) is 10.6. The second-order valence-electron chi connectivity index (χ2n) is 6.09. The van der Waals surface area contributed by atoms with Crippen molar-refractivity contribution in [2.24, 2.45) is 0 Å². The SMILES string of the molecule is CC(NC(=O)CCSCc1cc2c(cc1Br)OCCO2)c1ccccc1. The summed E-state index contributed by atoms with van der Waals surface area (Å²) in [6.45, 7) is 3.18. The van der Waals surface area contributed by atoms with Gasteiger partial charge in [-0.25, -0.2) is 0 Å². The molecule has 2 aromatic rings. The molecular weight excluding hydrogens is 414 g/mol. The van der Waals surface area contributed by atoms with Gasteiger partial charge in [0.15, 0.2) is 11.5 Å². The van der Waals surface area contributed by atoms with Crippen LogP contribution in [0.25, 0.3) is 0 Å². The quantitative estimate of drug-likeness (QED) is 0.638. The van der Waals surface area contributed by atoms with Crippen molar-refractivity contribution in [3.8, 4) is 11.5 Å². The summed E-state index contributed by atoms with van der Waals surface area (Å²) in [6.07, 6.45) is 0.504. The monoisotopic (exact) mass is 435 g/mol. The van der Waals surface area contributed by atoms with Crippen LogP contribution in [0.4, 0.5) is 0 Å². The van der Waals surface area contributed by atoms with Crippen LogP contribution in [0.3, 0.4) is 0 Å². The summed E-state index contributed by atoms with van der Waals surface area (Å²) in [6, 6.07) is 14.0. The van der Waals surface area contributed by atoms with Crippen LogP contribution in [-0.2, 0) is 10.5 Å². The third-order valence-electron chi connectivity index (χ3n) is 4.12. The molecule has 2 aromatic carbocycles. The Labute approximate surface area is 166 Å². The number of carbonyl (C=O) groups excluding carboxylic acids is 1. The van der Waals surface area contributed by atoms with Crippen LogP contribution in [0.15, 0.2) is 46.9 Å². The second kappa shape index (κ2) is 9.33. The predicted octanol–water partition coefficient (Wildman–Crippen LogP) is 4.72. The molecule has 0 aromatic heterocycles. The average Bonchev–Trinajstić information content (AvgIpc) is 2.66. The molecule has 1 unspecified atom stereocenters. The van der Waals surface area contributed by atoms with E-state index in [-0.39, 0.29) is 11.9 Å². The second-order valence-corrected chi connectivity index (χ2v) is 8.05. The molecular formula is C20H22BrNO3S. The first-order chi connectivity index (χ1) is 12.6. The van der Waals surface area contributed by atoms with E-state index in [9.17, 15) is 4.79 Å². The van der Waals surface area contributed by atoms with Crippen LogP contribution in [0, 0.1) is 0 Å². The van der Waals surface area contributed by atoms with Gasteiger partial charge in [-0.15, -0.1) is 0 Å². The first kappa shape index (κ1) is 19.1. The van der Waals surface area contributed by atoms with E-state index < -0.39 is 0 Å². The molecule has 26 heavy (non-hydrogen) atoms. The lowest BCUT2D eigenvalue weighted by atomic mass is 10.1. The number of carbonyl (C=O) groups is 1. The van der Waals surface area contributed by atoms with Crippen molar-refractivity contribution in [1.82, 2.24) is 5.32 Å². The standard InChI is InChI=1S/C20H22BrNO3S/c1-14(15-5-3-2-4-6-15)22-20(23)7-10-26-13-16-11-18-19(12-17(16)21)25-9-8-24-18/h2-6,11-12,14H,7-10,13H2,1H3,(H,22,23). The molecule has 1 heterocycles. The van der Waals surface area contributed by atoms with Crippen molar-refractivity contribution < 1.29 is 14.3 Å². The number of thioether (sulfide) groups is 1. The Balaban J connectivity index is 1.43. The van der Waals surface area contributed by atoms with Crippen molar-refractivity contribution in [3.63, 3.8) is 0 Å². The first-order valence-electron chi connectivity index (χ1n) is 8.63. The fraction of sp³-hybridized carbons (Fsp3) is 0.350. The molecule has 6 heteroatoms. The van der Waals surface area contributed by atoms with Crippen molar-refractivity contribution in [3.05, 3.63) is 58.1 Å². The molecule has 138 valence electrons. The zero-order chi connectivity index (χ0) is 18.4. The molecule has 1 aliphatic heterocycles. The molecule has 0 spiro atoms. The third kappa shape index (κ3) is 5.17. The Morgan fingerprint density at radius 3 is 2.62 bits per heavy atom.